The van der Waals surface area contributed by atoms with Crippen molar-refractivity contribution in [3.05, 3.63) is 82.2 Å². The highest BCUT2D eigenvalue weighted by molar-refractivity contribution is 7.99. The van der Waals surface area contributed by atoms with Gasteiger partial charge in [-0.3, -0.25) is 9.59 Å². The molecule has 0 saturated carbocycles. The number of hydrogen-bond acceptors (Lipinski definition) is 5. The van der Waals surface area contributed by atoms with Gasteiger partial charge in [0.2, 0.25) is 5.91 Å². The van der Waals surface area contributed by atoms with Gasteiger partial charge in [0.1, 0.15) is 0 Å². The van der Waals surface area contributed by atoms with Gasteiger partial charge in [0.15, 0.2) is 11.0 Å². The van der Waals surface area contributed by atoms with Crippen molar-refractivity contribution in [3.8, 4) is 0 Å². The lowest BCUT2D eigenvalue weighted by molar-refractivity contribution is -0.113. The van der Waals surface area contributed by atoms with Gasteiger partial charge in [0.25, 0.3) is 5.91 Å². The van der Waals surface area contributed by atoms with Crippen LogP contribution in [0.3, 0.4) is 0 Å². The van der Waals surface area contributed by atoms with Gasteiger partial charge in [-0.25, -0.2) is 0 Å². The molecule has 2 amide bonds. The maximum Gasteiger partial charge on any atom is 0.251 e. The molecule has 3 rings (SSSR count). The quantitative estimate of drug-likeness (QED) is 0.311. The maximum absolute atomic E-state index is 12.6. The van der Waals surface area contributed by atoms with Gasteiger partial charge in [0.05, 0.1) is 11.8 Å². The number of carbonyl (C=O) groups excluding carboxylic acids is 2. The lowest BCUT2D eigenvalue weighted by Crippen LogP contribution is -2.28. The molecule has 0 aliphatic carbocycles. The van der Waals surface area contributed by atoms with Crippen LogP contribution in [0, 0.1) is 20.8 Å². The van der Waals surface area contributed by atoms with Crippen molar-refractivity contribution in [3.63, 3.8) is 0 Å². The van der Waals surface area contributed by atoms with Gasteiger partial charge in [-0.15, -0.1) is 16.8 Å². The minimum Gasteiger partial charge on any atom is -0.342 e. The molecule has 0 spiro atoms. The van der Waals surface area contributed by atoms with E-state index in [0.717, 1.165) is 22.4 Å². The fourth-order valence-corrected chi connectivity index (χ4v) is 4.54. The van der Waals surface area contributed by atoms with E-state index in [1.54, 1.807) is 30.3 Å². The minimum absolute atomic E-state index is 0.126. The van der Waals surface area contributed by atoms with Crippen molar-refractivity contribution in [2.45, 2.75) is 45.4 Å². The highest BCUT2D eigenvalue weighted by Gasteiger charge is 2.20. The van der Waals surface area contributed by atoms with Crippen LogP contribution in [0.15, 0.2) is 54.2 Å². The first-order valence-electron chi connectivity index (χ1n) is 10.8. The van der Waals surface area contributed by atoms with Crippen molar-refractivity contribution in [2.24, 2.45) is 0 Å². The van der Waals surface area contributed by atoms with Crippen molar-refractivity contribution < 1.29 is 9.59 Å². The van der Waals surface area contributed by atoms with Crippen LogP contribution < -0.4 is 10.6 Å². The van der Waals surface area contributed by atoms with Crippen molar-refractivity contribution in [1.82, 2.24) is 20.1 Å². The molecule has 2 N–H and O–H groups in total. The van der Waals surface area contributed by atoms with Gasteiger partial charge in [0, 0.05) is 22.8 Å². The van der Waals surface area contributed by atoms with Crippen LogP contribution in [-0.4, -0.2) is 32.3 Å². The van der Waals surface area contributed by atoms with Gasteiger partial charge in [-0.05, 0) is 63.1 Å². The first-order valence-corrected chi connectivity index (χ1v) is 12.2. The number of hydrogen-bond donors (Lipinski definition) is 2. The number of aromatic nitrogens is 3. The molecule has 2 aromatic carbocycles. The van der Waals surface area contributed by atoms with E-state index in [1.165, 1.54) is 11.8 Å². The van der Waals surface area contributed by atoms with Gasteiger partial charge in [-0.1, -0.05) is 47.1 Å². The molecule has 1 heterocycles. The number of rotatable bonds is 9. The van der Waals surface area contributed by atoms with Gasteiger partial charge in [-0.2, -0.15) is 0 Å². The Kier molecular flexibility index (Phi) is 8.52. The second-order valence-electron chi connectivity index (χ2n) is 8.05. The normalized spacial score (nSPS) is 11.7. The van der Waals surface area contributed by atoms with Gasteiger partial charge < -0.3 is 15.2 Å². The van der Waals surface area contributed by atoms with Crippen LogP contribution in [0.4, 0.5) is 5.69 Å². The summed E-state index contributed by atoms with van der Waals surface area (Å²) in [5.74, 6) is 0.386. The van der Waals surface area contributed by atoms with E-state index in [-0.39, 0.29) is 17.6 Å². The minimum atomic E-state index is -0.406. The molecule has 0 aliphatic heterocycles. The highest BCUT2D eigenvalue weighted by Crippen LogP contribution is 2.24. The monoisotopic (exact) mass is 497 g/mol. The molecule has 0 bridgehead atoms. The Morgan fingerprint density at radius 2 is 1.79 bits per heavy atom. The van der Waals surface area contributed by atoms with Crippen molar-refractivity contribution in [1.29, 1.82) is 0 Å². The van der Waals surface area contributed by atoms with Crippen LogP contribution in [-0.2, 0) is 11.3 Å². The largest absolute Gasteiger partial charge is 0.342 e. The number of allylic oxidation sites excluding steroid dienone is 1. The van der Waals surface area contributed by atoms with Crippen molar-refractivity contribution in [2.75, 3.05) is 11.1 Å². The molecule has 34 heavy (non-hydrogen) atoms. The number of thioether (sulfide) groups is 1. The van der Waals surface area contributed by atoms with E-state index in [9.17, 15) is 9.59 Å². The molecular formula is C25H28ClN5O2S. The molecular weight excluding hydrogens is 470 g/mol. The van der Waals surface area contributed by atoms with E-state index < -0.39 is 6.04 Å². The second-order valence-corrected chi connectivity index (χ2v) is 9.43. The number of benzene rings is 2. The summed E-state index contributed by atoms with van der Waals surface area (Å²) in [5.41, 5.74) is 4.54. The second kappa shape index (κ2) is 11.4. The lowest BCUT2D eigenvalue weighted by Gasteiger charge is -2.15. The summed E-state index contributed by atoms with van der Waals surface area (Å²) in [6.07, 6.45) is 1.73. The molecule has 178 valence electrons. The summed E-state index contributed by atoms with van der Waals surface area (Å²) < 4.78 is 1.85. The number of halogens is 1. The summed E-state index contributed by atoms with van der Waals surface area (Å²) in [7, 11) is 0. The predicted octanol–water partition coefficient (Wildman–Crippen LogP) is 5.26. The Hall–Kier alpha value is -3.10. The van der Waals surface area contributed by atoms with E-state index in [0.29, 0.717) is 28.1 Å². The number of amides is 2. The zero-order chi connectivity index (χ0) is 24.8. The Labute approximate surface area is 209 Å². The average Bonchev–Trinajstić information content (AvgIpc) is 3.18. The standard InChI is InChI=1S/C25H28ClN5O2S/c1-6-11-31-23(18(5)27-24(33)19-7-9-20(26)10-8-19)29-30-25(31)34-14-21(32)28-22-16(3)12-15(2)13-17(22)4/h6-10,12-13,18H,1,11,14H2,2-5H3,(H,27,33)(H,28,32)/t18-/m0/s1. The molecule has 0 aliphatic rings. The lowest BCUT2D eigenvalue weighted by atomic mass is 10.1. The number of nitrogens with zero attached hydrogens (tertiary/aromatic N) is 3. The first kappa shape index (κ1) is 25.5. The zero-order valence-electron chi connectivity index (χ0n) is 19.7. The van der Waals surface area contributed by atoms with Crippen LogP contribution in [0.25, 0.3) is 0 Å². The molecule has 0 saturated heterocycles. The summed E-state index contributed by atoms with van der Waals surface area (Å²) in [5, 5.41) is 15.6. The van der Waals surface area contributed by atoms with E-state index in [4.69, 9.17) is 11.6 Å². The molecule has 7 nitrogen and oxygen atoms in total. The van der Waals surface area contributed by atoms with E-state index in [2.05, 4.69) is 27.4 Å². The van der Waals surface area contributed by atoms with Crippen LogP contribution >= 0.6 is 23.4 Å². The first-order chi connectivity index (χ1) is 16.2. The summed E-state index contributed by atoms with van der Waals surface area (Å²) in [4.78, 5) is 25.2. The number of aryl methyl sites for hydroxylation is 3. The maximum atomic E-state index is 12.6. The highest BCUT2D eigenvalue weighted by atomic mass is 35.5. The third-order valence-electron chi connectivity index (χ3n) is 5.17. The third-order valence-corrected chi connectivity index (χ3v) is 6.39. The Bertz CT molecular complexity index is 1180. The van der Waals surface area contributed by atoms with Crippen LogP contribution in [0.5, 0.6) is 0 Å². The molecule has 3 aromatic rings. The van der Waals surface area contributed by atoms with Crippen molar-refractivity contribution >= 4 is 40.9 Å². The van der Waals surface area contributed by atoms with Crippen LogP contribution in [0.2, 0.25) is 5.02 Å². The molecule has 0 unspecified atom stereocenters. The summed E-state index contributed by atoms with van der Waals surface area (Å²) in [6, 6.07) is 10.3. The number of carbonyl (C=O) groups is 2. The van der Waals surface area contributed by atoms with E-state index in [1.807, 2.05) is 44.4 Å². The fourth-order valence-electron chi connectivity index (χ4n) is 3.66. The Morgan fingerprint density at radius 1 is 1.15 bits per heavy atom. The number of anilines is 1. The Morgan fingerprint density at radius 3 is 2.41 bits per heavy atom. The number of nitrogens with one attached hydrogen (secondary N) is 2. The van der Waals surface area contributed by atoms with Crippen LogP contribution in [0.1, 0.15) is 45.8 Å². The molecule has 9 heteroatoms. The van der Waals surface area contributed by atoms with Gasteiger partial charge >= 0.3 is 0 Å². The average molecular weight is 498 g/mol. The third kappa shape index (κ3) is 6.27. The Balaban J connectivity index is 1.68. The molecule has 0 fully saturated rings. The summed E-state index contributed by atoms with van der Waals surface area (Å²) in [6.45, 7) is 12.1. The predicted molar refractivity (Wildman–Crippen MR) is 138 cm³/mol. The molecule has 1 aromatic heterocycles. The molecule has 0 radical (unpaired) electrons. The zero-order valence-corrected chi connectivity index (χ0v) is 21.3. The SMILES string of the molecule is C=CCn1c(SCC(=O)Nc2c(C)cc(C)cc2C)nnc1[C@H](C)NC(=O)c1ccc(Cl)cc1. The van der Waals surface area contributed by atoms with E-state index >= 15 is 0 Å². The topological polar surface area (TPSA) is 88.9 Å². The summed E-state index contributed by atoms with van der Waals surface area (Å²) >= 11 is 7.19. The fraction of sp³-hybridized carbons (Fsp3) is 0.280. The smallest absolute Gasteiger partial charge is 0.251 e. The molecule has 1 atom stereocenters.